The minimum Gasteiger partial charge on any atom is -0.357 e. The van der Waals surface area contributed by atoms with Crippen LogP contribution in [0.25, 0.3) is 0 Å². The van der Waals surface area contributed by atoms with Crippen molar-refractivity contribution in [1.29, 1.82) is 0 Å². The van der Waals surface area contributed by atoms with Gasteiger partial charge >= 0.3 is 6.55 Å². The first-order valence-corrected chi connectivity index (χ1v) is 5.51. The van der Waals surface area contributed by atoms with E-state index in [1.807, 2.05) is 13.8 Å². The molecule has 1 aromatic rings. The summed E-state index contributed by atoms with van der Waals surface area (Å²) in [6.07, 6.45) is 2.59. The monoisotopic (exact) mass is 245 g/mol. The van der Waals surface area contributed by atoms with E-state index in [9.17, 15) is 8.78 Å². The fourth-order valence-electron chi connectivity index (χ4n) is 1.30. The summed E-state index contributed by atoms with van der Waals surface area (Å²) in [4.78, 5) is 8.02. The lowest BCUT2D eigenvalue weighted by Crippen LogP contribution is -2.37. The van der Waals surface area contributed by atoms with Crippen LogP contribution in [0.5, 0.6) is 0 Å². The van der Waals surface area contributed by atoms with E-state index in [1.54, 1.807) is 0 Å². The van der Waals surface area contributed by atoms with Gasteiger partial charge in [-0.2, -0.15) is 8.78 Å². The fourth-order valence-corrected chi connectivity index (χ4v) is 1.30. The average molecular weight is 245 g/mol. The van der Waals surface area contributed by atoms with E-state index in [1.165, 1.54) is 12.4 Å². The van der Waals surface area contributed by atoms with Crippen molar-refractivity contribution < 1.29 is 8.78 Å². The van der Waals surface area contributed by atoms with Crippen LogP contribution in [0.1, 0.15) is 26.2 Å². The van der Waals surface area contributed by atoms with E-state index in [0.29, 0.717) is 5.96 Å². The first-order chi connectivity index (χ1) is 8.19. The maximum Gasteiger partial charge on any atom is 0.319 e. The van der Waals surface area contributed by atoms with Crippen molar-refractivity contribution >= 4 is 5.96 Å². The molecule has 1 rings (SSSR count). The molecule has 0 spiro atoms. The molecule has 0 saturated carbocycles. The van der Waals surface area contributed by atoms with E-state index in [2.05, 4.69) is 20.6 Å². The topological polar surface area (TPSA) is 54.2 Å². The second-order valence-corrected chi connectivity index (χ2v) is 3.25. The lowest BCUT2D eigenvalue weighted by Gasteiger charge is -2.09. The number of guanidine groups is 1. The van der Waals surface area contributed by atoms with Crippen LogP contribution in [0.4, 0.5) is 8.78 Å². The molecule has 0 unspecified atom stereocenters. The third kappa shape index (κ3) is 4.01. The molecule has 0 radical (unpaired) electrons. The van der Waals surface area contributed by atoms with Crippen LogP contribution in [-0.2, 0) is 6.54 Å². The highest BCUT2D eigenvalue weighted by molar-refractivity contribution is 5.79. The lowest BCUT2D eigenvalue weighted by molar-refractivity contribution is 0.0671. The fraction of sp³-hybridized carbons (Fsp3) is 0.600. The first kappa shape index (κ1) is 13.4. The minimum absolute atomic E-state index is 0.118. The Balaban J connectivity index is 2.68. The molecule has 17 heavy (non-hydrogen) atoms. The maximum absolute atomic E-state index is 12.5. The quantitative estimate of drug-likeness (QED) is 0.608. The molecule has 0 aliphatic carbocycles. The lowest BCUT2D eigenvalue weighted by atomic mass is 10.6. The molecule has 1 aromatic heterocycles. The molecule has 7 heteroatoms. The molecular formula is C10H17F2N5. The second-order valence-electron chi connectivity index (χ2n) is 3.25. The summed E-state index contributed by atoms with van der Waals surface area (Å²) in [6, 6.07) is 0. The van der Waals surface area contributed by atoms with Crippen molar-refractivity contribution in [3.63, 3.8) is 0 Å². The summed E-state index contributed by atoms with van der Waals surface area (Å²) in [6.45, 7) is 2.85. The molecular weight excluding hydrogens is 228 g/mol. The Bertz CT molecular complexity index is 353. The van der Waals surface area contributed by atoms with Gasteiger partial charge in [0, 0.05) is 25.5 Å². The average Bonchev–Trinajstić information content (AvgIpc) is 2.74. The van der Waals surface area contributed by atoms with Gasteiger partial charge in [0.2, 0.25) is 0 Å². The Hall–Kier alpha value is -1.66. The Labute approximate surface area is 99.0 Å². The number of aromatic nitrogens is 2. The third-order valence-corrected chi connectivity index (χ3v) is 2.03. The SMILES string of the molecule is CCNC(=NCc1nccn1C(F)F)NCC. The molecule has 5 nitrogen and oxygen atoms in total. The van der Waals surface area contributed by atoms with E-state index < -0.39 is 6.55 Å². The van der Waals surface area contributed by atoms with Crippen LogP contribution < -0.4 is 10.6 Å². The highest BCUT2D eigenvalue weighted by atomic mass is 19.3. The Kier molecular flexibility index (Phi) is 5.38. The summed E-state index contributed by atoms with van der Waals surface area (Å²) in [5, 5.41) is 6.02. The van der Waals surface area contributed by atoms with Gasteiger partial charge in [-0.1, -0.05) is 0 Å². The van der Waals surface area contributed by atoms with Crippen LogP contribution in [0.15, 0.2) is 17.4 Å². The smallest absolute Gasteiger partial charge is 0.319 e. The summed E-state index contributed by atoms with van der Waals surface area (Å²) >= 11 is 0. The van der Waals surface area contributed by atoms with Crippen molar-refractivity contribution in [3.8, 4) is 0 Å². The largest absolute Gasteiger partial charge is 0.357 e. The van der Waals surface area contributed by atoms with Crippen molar-refractivity contribution in [2.24, 2.45) is 4.99 Å². The molecule has 0 aliphatic rings. The zero-order valence-electron chi connectivity index (χ0n) is 9.95. The van der Waals surface area contributed by atoms with Gasteiger partial charge in [-0.05, 0) is 13.8 Å². The van der Waals surface area contributed by atoms with Gasteiger partial charge in [0.15, 0.2) is 5.96 Å². The van der Waals surface area contributed by atoms with Crippen molar-refractivity contribution in [3.05, 3.63) is 18.2 Å². The van der Waals surface area contributed by atoms with E-state index in [0.717, 1.165) is 17.7 Å². The number of aliphatic imine (C=N–C) groups is 1. The van der Waals surface area contributed by atoms with Gasteiger partial charge < -0.3 is 10.6 Å². The summed E-state index contributed by atoms with van der Waals surface area (Å²) in [5.41, 5.74) is 0. The zero-order valence-corrected chi connectivity index (χ0v) is 9.95. The Morgan fingerprint density at radius 2 is 2.06 bits per heavy atom. The van der Waals surface area contributed by atoms with Crippen molar-refractivity contribution in [1.82, 2.24) is 20.2 Å². The summed E-state index contributed by atoms with van der Waals surface area (Å²) in [7, 11) is 0. The number of alkyl halides is 2. The molecule has 2 N–H and O–H groups in total. The molecule has 0 aliphatic heterocycles. The van der Waals surface area contributed by atoms with E-state index in [-0.39, 0.29) is 12.4 Å². The summed E-state index contributed by atoms with van der Waals surface area (Å²) < 4.78 is 25.9. The Morgan fingerprint density at radius 1 is 1.41 bits per heavy atom. The molecule has 96 valence electrons. The van der Waals surface area contributed by atoms with Crippen LogP contribution in [-0.4, -0.2) is 28.6 Å². The zero-order chi connectivity index (χ0) is 12.7. The van der Waals surface area contributed by atoms with Gasteiger partial charge in [-0.25, -0.2) is 9.98 Å². The van der Waals surface area contributed by atoms with Gasteiger partial charge in [-0.3, -0.25) is 4.57 Å². The molecule has 0 saturated heterocycles. The highest BCUT2D eigenvalue weighted by Gasteiger charge is 2.10. The van der Waals surface area contributed by atoms with Gasteiger partial charge in [0.25, 0.3) is 0 Å². The third-order valence-electron chi connectivity index (χ3n) is 2.03. The number of halogens is 2. The van der Waals surface area contributed by atoms with Crippen LogP contribution in [0, 0.1) is 0 Å². The minimum atomic E-state index is -2.58. The van der Waals surface area contributed by atoms with Gasteiger partial charge in [0.05, 0.1) is 0 Å². The molecule has 0 aromatic carbocycles. The number of hydrogen-bond acceptors (Lipinski definition) is 2. The van der Waals surface area contributed by atoms with Crippen molar-refractivity contribution in [2.45, 2.75) is 26.9 Å². The first-order valence-electron chi connectivity index (χ1n) is 5.51. The molecule has 1 heterocycles. The predicted octanol–water partition coefficient (Wildman–Crippen LogP) is 1.35. The van der Waals surface area contributed by atoms with E-state index in [4.69, 9.17) is 0 Å². The molecule has 0 atom stereocenters. The number of hydrogen-bond donors (Lipinski definition) is 2. The molecule has 0 bridgehead atoms. The van der Waals surface area contributed by atoms with Gasteiger partial charge in [0.1, 0.15) is 12.4 Å². The van der Waals surface area contributed by atoms with Crippen LogP contribution in [0.2, 0.25) is 0 Å². The number of imidazole rings is 1. The maximum atomic E-state index is 12.5. The Morgan fingerprint density at radius 3 is 2.59 bits per heavy atom. The van der Waals surface area contributed by atoms with Crippen LogP contribution >= 0.6 is 0 Å². The number of nitrogens with zero attached hydrogens (tertiary/aromatic N) is 3. The van der Waals surface area contributed by atoms with Gasteiger partial charge in [-0.15, -0.1) is 0 Å². The highest BCUT2D eigenvalue weighted by Crippen LogP contribution is 2.12. The number of nitrogens with one attached hydrogen (secondary N) is 2. The summed E-state index contributed by atoms with van der Waals surface area (Å²) in [5.74, 6) is 0.840. The van der Waals surface area contributed by atoms with Crippen molar-refractivity contribution in [2.75, 3.05) is 13.1 Å². The van der Waals surface area contributed by atoms with Crippen LogP contribution in [0.3, 0.4) is 0 Å². The normalized spacial score (nSPS) is 10.4. The number of rotatable bonds is 5. The molecule has 0 fully saturated rings. The van der Waals surface area contributed by atoms with E-state index >= 15 is 0 Å². The second kappa shape index (κ2) is 6.82. The standard InChI is InChI=1S/C10H17F2N5/c1-3-13-10(14-4-2)16-7-8-15-5-6-17(8)9(11)12/h5-6,9H,3-4,7H2,1-2H3,(H2,13,14,16). The molecule has 0 amide bonds. The predicted molar refractivity (Wildman–Crippen MR) is 62.0 cm³/mol.